The number of nitriles is 2. The van der Waals surface area contributed by atoms with Crippen molar-refractivity contribution in [3.05, 3.63) is 41.3 Å². The summed E-state index contributed by atoms with van der Waals surface area (Å²) in [5.41, 5.74) is 1.98. The topological polar surface area (TPSA) is 125 Å². The normalized spacial score (nSPS) is 10.0. The van der Waals surface area contributed by atoms with Gasteiger partial charge in [0.1, 0.15) is 0 Å². The Morgan fingerprint density at radius 3 is 2.36 bits per heavy atom. The third kappa shape index (κ3) is 5.39. The van der Waals surface area contributed by atoms with Gasteiger partial charge in [-0.1, -0.05) is 0 Å². The Morgan fingerprint density at radius 2 is 1.86 bits per heavy atom. The van der Waals surface area contributed by atoms with Crippen LogP contribution < -0.4 is 0 Å². The highest BCUT2D eigenvalue weighted by Crippen LogP contribution is 2.11. The van der Waals surface area contributed by atoms with Gasteiger partial charge >= 0.3 is 5.97 Å². The molecule has 0 aliphatic carbocycles. The summed E-state index contributed by atoms with van der Waals surface area (Å²) >= 11 is 0. The van der Waals surface area contributed by atoms with E-state index in [9.17, 15) is 9.59 Å². The molecular formula is C19H20N6O3. The average Bonchev–Trinajstić information content (AvgIpc) is 3.04. The second-order valence-corrected chi connectivity index (χ2v) is 6.02. The van der Waals surface area contributed by atoms with E-state index in [-0.39, 0.29) is 31.5 Å². The van der Waals surface area contributed by atoms with Crippen LogP contribution in [0.1, 0.15) is 34.6 Å². The maximum absolute atomic E-state index is 12.2. The molecule has 2 aromatic rings. The standard InChI is InChI=1S/C19H20N6O3/c1-14-11-15(2)25(23-14)17-6-5-16(12-22-17)19(27)28-13-18(26)24(9-3-7-20)10-4-8-21/h5-6,11-12H,3-4,9-10,13H2,1-2H3. The molecule has 28 heavy (non-hydrogen) atoms. The van der Waals surface area contributed by atoms with Crippen molar-refractivity contribution >= 4 is 11.9 Å². The summed E-state index contributed by atoms with van der Waals surface area (Å²) < 4.78 is 6.71. The summed E-state index contributed by atoms with van der Waals surface area (Å²) in [6, 6.07) is 9.00. The fraction of sp³-hybridized carbons (Fsp3) is 0.368. The lowest BCUT2D eigenvalue weighted by Crippen LogP contribution is -2.36. The molecule has 0 aliphatic heterocycles. The second kappa shape index (κ2) is 9.83. The smallest absolute Gasteiger partial charge is 0.340 e. The van der Waals surface area contributed by atoms with Crippen molar-refractivity contribution in [2.75, 3.05) is 19.7 Å². The highest BCUT2D eigenvalue weighted by atomic mass is 16.5. The van der Waals surface area contributed by atoms with E-state index in [1.807, 2.05) is 32.1 Å². The minimum atomic E-state index is -0.679. The van der Waals surface area contributed by atoms with Crippen LogP contribution in [0.3, 0.4) is 0 Å². The number of carbonyl (C=O) groups is 2. The predicted octanol–water partition coefficient (Wildman–Crippen LogP) is 1.70. The first-order valence-electron chi connectivity index (χ1n) is 8.64. The van der Waals surface area contributed by atoms with Crippen LogP contribution in [0.15, 0.2) is 24.4 Å². The van der Waals surface area contributed by atoms with Gasteiger partial charge in [0.05, 0.1) is 36.2 Å². The molecule has 2 heterocycles. The van der Waals surface area contributed by atoms with Crippen LogP contribution in [0.4, 0.5) is 0 Å². The molecule has 0 fully saturated rings. The van der Waals surface area contributed by atoms with E-state index in [0.717, 1.165) is 11.4 Å². The van der Waals surface area contributed by atoms with E-state index >= 15 is 0 Å². The van der Waals surface area contributed by atoms with Gasteiger partial charge in [0, 0.05) is 25.0 Å². The molecule has 0 N–H and O–H groups in total. The average molecular weight is 380 g/mol. The van der Waals surface area contributed by atoms with Crippen LogP contribution in [0.5, 0.6) is 0 Å². The number of esters is 1. The molecule has 0 radical (unpaired) electrons. The number of aromatic nitrogens is 3. The van der Waals surface area contributed by atoms with Crippen molar-refractivity contribution in [1.29, 1.82) is 10.5 Å². The van der Waals surface area contributed by atoms with Crippen LogP contribution in [0.25, 0.3) is 5.82 Å². The summed E-state index contributed by atoms with van der Waals surface area (Å²) in [5, 5.41) is 21.6. The molecular weight excluding hydrogens is 360 g/mol. The fourth-order valence-electron chi connectivity index (χ4n) is 2.53. The van der Waals surface area contributed by atoms with E-state index in [0.29, 0.717) is 5.82 Å². The van der Waals surface area contributed by atoms with Gasteiger partial charge in [0.25, 0.3) is 5.91 Å². The van der Waals surface area contributed by atoms with E-state index < -0.39 is 18.5 Å². The number of rotatable bonds is 8. The number of carbonyl (C=O) groups excluding carboxylic acids is 2. The minimum Gasteiger partial charge on any atom is -0.452 e. The Morgan fingerprint density at radius 1 is 1.18 bits per heavy atom. The minimum absolute atomic E-state index is 0.142. The molecule has 0 saturated heterocycles. The molecule has 9 heteroatoms. The number of aryl methyl sites for hydroxylation is 2. The Balaban J connectivity index is 1.96. The highest BCUT2D eigenvalue weighted by molar-refractivity contribution is 5.91. The van der Waals surface area contributed by atoms with Gasteiger partial charge in [0.2, 0.25) is 0 Å². The first kappa shape index (κ1) is 20.6. The Kier molecular flexibility index (Phi) is 7.23. The van der Waals surface area contributed by atoms with Crippen LogP contribution in [-0.4, -0.2) is 51.2 Å². The second-order valence-electron chi connectivity index (χ2n) is 6.02. The van der Waals surface area contributed by atoms with Crippen molar-refractivity contribution in [3.63, 3.8) is 0 Å². The number of pyridine rings is 1. The van der Waals surface area contributed by atoms with Gasteiger partial charge in [-0.3, -0.25) is 4.79 Å². The fourth-order valence-corrected chi connectivity index (χ4v) is 2.53. The Labute approximate surface area is 162 Å². The summed E-state index contributed by atoms with van der Waals surface area (Å²) in [6.45, 7) is 3.69. The molecule has 2 rings (SSSR count). The monoisotopic (exact) mass is 380 g/mol. The zero-order valence-corrected chi connectivity index (χ0v) is 15.8. The van der Waals surface area contributed by atoms with Crippen molar-refractivity contribution in [1.82, 2.24) is 19.7 Å². The Hall–Kier alpha value is -3.72. The van der Waals surface area contributed by atoms with Crippen LogP contribution in [-0.2, 0) is 9.53 Å². The van der Waals surface area contributed by atoms with E-state index in [1.54, 1.807) is 16.8 Å². The molecule has 9 nitrogen and oxygen atoms in total. The third-order valence-corrected chi connectivity index (χ3v) is 3.88. The summed E-state index contributed by atoms with van der Waals surface area (Å²) in [5.74, 6) is -0.565. The quantitative estimate of drug-likeness (QED) is 0.638. The summed E-state index contributed by atoms with van der Waals surface area (Å²) in [7, 11) is 0. The van der Waals surface area contributed by atoms with Crippen molar-refractivity contribution in [2.45, 2.75) is 26.7 Å². The van der Waals surface area contributed by atoms with Crippen molar-refractivity contribution in [2.24, 2.45) is 0 Å². The number of nitrogens with zero attached hydrogens (tertiary/aromatic N) is 6. The van der Waals surface area contributed by atoms with Gasteiger partial charge in [-0.25, -0.2) is 14.5 Å². The highest BCUT2D eigenvalue weighted by Gasteiger charge is 2.17. The van der Waals surface area contributed by atoms with Crippen molar-refractivity contribution in [3.8, 4) is 18.0 Å². The molecule has 1 amide bonds. The van der Waals surface area contributed by atoms with E-state index in [2.05, 4.69) is 10.1 Å². The molecule has 144 valence electrons. The number of ether oxygens (including phenoxy) is 1. The summed E-state index contributed by atoms with van der Waals surface area (Å²) in [4.78, 5) is 29.9. The predicted molar refractivity (Wildman–Crippen MR) is 98.2 cm³/mol. The van der Waals surface area contributed by atoms with Gasteiger partial charge < -0.3 is 9.64 Å². The lowest BCUT2D eigenvalue weighted by Gasteiger charge is -2.20. The van der Waals surface area contributed by atoms with Crippen LogP contribution in [0, 0.1) is 36.5 Å². The van der Waals surface area contributed by atoms with Gasteiger partial charge in [-0.2, -0.15) is 15.6 Å². The van der Waals surface area contributed by atoms with Gasteiger partial charge in [0.15, 0.2) is 12.4 Å². The van der Waals surface area contributed by atoms with Crippen LogP contribution in [0.2, 0.25) is 0 Å². The molecule has 0 spiro atoms. The van der Waals surface area contributed by atoms with Gasteiger partial charge in [-0.05, 0) is 32.0 Å². The number of hydrogen-bond donors (Lipinski definition) is 0. The zero-order valence-electron chi connectivity index (χ0n) is 15.8. The lowest BCUT2D eigenvalue weighted by molar-refractivity contribution is -0.134. The van der Waals surface area contributed by atoms with Gasteiger partial charge in [-0.15, -0.1) is 0 Å². The molecule has 2 aromatic heterocycles. The Bertz CT molecular complexity index is 903. The molecule has 0 aromatic carbocycles. The largest absolute Gasteiger partial charge is 0.452 e. The first-order chi connectivity index (χ1) is 13.5. The SMILES string of the molecule is Cc1cc(C)n(-c2ccc(C(=O)OCC(=O)N(CCC#N)CCC#N)cn2)n1. The van der Waals surface area contributed by atoms with E-state index in [1.165, 1.54) is 11.1 Å². The van der Waals surface area contributed by atoms with Crippen LogP contribution >= 0.6 is 0 Å². The molecule has 0 atom stereocenters. The van der Waals surface area contributed by atoms with E-state index in [4.69, 9.17) is 15.3 Å². The maximum Gasteiger partial charge on any atom is 0.340 e. The van der Waals surface area contributed by atoms with Crippen molar-refractivity contribution < 1.29 is 14.3 Å². The maximum atomic E-state index is 12.2. The molecule has 0 aliphatic rings. The molecule has 0 unspecified atom stereocenters. The first-order valence-corrected chi connectivity index (χ1v) is 8.64. The zero-order chi connectivity index (χ0) is 20.5. The third-order valence-electron chi connectivity index (χ3n) is 3.88. The molecule has 0 bridgehead atoms. The number of hydrogen-bond acceptors (Lipinski definition) is 7. The number of amides is 1. The molecule has 0 saturated carbocycles. The summed E-state index contributed by atoms with van der Waals surface area (Å²) in [6.07, 6.45) is 1.65. The lowest BCUT2D eigenvalue weighted by atomic mass is 10.3.